The molecular formula is C29H28ClN3O2S. The molecule has 0 N–H and O–H groups in total. The number of para-hydroxylation sites is 1. The number of nitrogens with zero attached hydrogens (tertiary/aromatic N) is 3. The zero-order valence-corrected chi connectivity index (χ0v) is 21.9. The van der Waals surface area contributed by atoms with E-state index in [1.807, 2.05) is 54.6 Å². The molecule has 3 aromatic carbocycles. The Morgan fingerprint density at radius 2 is 1.33 bits per heavy atom. The van der Waals surface area contributed by atoms with E-state index in [1.54, 1.807) is 12.1 Å². The summed E-state index contributed by atoms with van der Waals surface area (Å²) >= 11 is 7.40. The third-order valence-electron chi connectivity index (χ3n) is 6.59. The lowest BCUT2D eigenvalue weighted by Gasteiger charge is -2.37. The van der Waals surface area contributed by atoms with E-state index in [1.165, 1.54) is 27.9 Å². The number of rotatable bonds is 6. The summed E-state index contributed by atoms with van der Waals surface area (Å²) in [7, 11) is 0. The topological polar surface area (TPSA) is 43.9 Å². The number of benzene rings is 3. The fourth-order valence-electron chi connectivity index (χ4n) is 4.56. The summed E-state index contributed by atoms with van der Waals surface area (Å²) in [6.45, 7) is 7.11. The van der Waals surface area contributed by atoms with Crippen molar-refractivity contribution in [2.45, 2.75) is 24.7 Å². The standard InChI is InChI=1S/C29H28ClN3O2S/c1-20(2)21-8-12-24(13-9-21)33-28(34)26(27(29(33)35)36-25-14-10-22(30)11-15-25)32-18-16-31(17-19-32)23-6-4-3-5-7-23/h3-15,20H,16-19H2,1-2H3. The number of hydrogen-bond acceptors (Lipinski definition) is 5. The van der Waals surface area contributed by atoms with Crippen molar-refractivity contribution in [3.8, 4) is 0 Å². The van der Waals surface area contributed by atoms with Crippen LogP contribution in [0.15, 0.2) is 94.4 Å². The molecule has 184 valence electrons. The molecule has 1 saturated heterocycles. The summed E-state index contributed by atoms with van der Waals surface area (Å²) in [6, 6.07) is 25.3. The monoisotopic (exact) mass is 517 g/mol. The largest absolute Gasteiger partial charge is 0.368 e. The number of halogens is 1. The van der Waals surface area contributed by atoms with Gasteiger partial charge in [-0.2, -0.15) is 0 Å². The first-order valence-electron chi connectivity index (χ1n) is 12.1. The van der Waals surface area contributed by atoms with Gasteiger partial charge in [-0.15, -0.1) is 0 Å². The van der Waals surface area contributed by atoms with Gasteiger partial charge in [0, 0.05) is 41.8 Å². The Hall–Kier alpha value is -3.22. The van der Waals surface area contributed by atoms with Gasteiger partial charge in [0.05, 0.1) is 5.69 Å². The van der Waals surface area contributed by atoms with Crippen LogP contribution in [-0.2, 0) is 9.59 Å². The third-order valence-corrected chi connectivity index (χ3v) is 7.92. The molecule has 0 saturated carbocycles. The van der Waals surface area contributed by atoms with Gasteiger partial charge in [-0.25, -0.2) is 4.90 Å². The minimum Gasteiger partial charge on any atom is -0.368 e. The fraction of sp³-hybridized carbons (Fsp3) is 0.241. The highest BCUT2D eigenvalue weighted by Crippen LogP contribution is 2.39. The molecule has 1 fully saturated rings. The van der Waals surface area contributed by atoms with Crippen molar-refractivity contribution >= 4 is 46.6 Å². The van der Waals surface area contributed by atoms with Crippen molar-refractivity contribution in [2.75, 3.05) is 36.0 Å². The highest BCUT2D eigenvalue weighted by atomic mass is 35.5. The van der Waals surface area contributed by atoms with Crippen molar-refractivity contribution in [3.05, 3.63) is 100 Å². The van der Waals surface area contributed by atoms with Gasteiger partial charge in [-0.1, -0.05) is 67.5 Å². The zero-order valence-electron chi connectivity index (χ0n) is 20.4. The number of piperazine rings is 1. The van der Waals surface area contributed by atoms with Crippen LogP contribution in [0, 0.1) is 0 Å². The molecule has 3 aromatic rings. The van der Waals surface area contributed by atoms with Crippen LogP contribution in [0.5, 0.6) is 0 Å². The van der Waals surface area contributed by atoms with Crippen LogP contribution >= 0.6 is 23.4 Å². The van der Waals surface area contributed by atoms with E-state index in [9.17, 15) is 9.59 Å². The van der Waals surface area contributed by atoms with Crippen LogP contribution in [-0.4, -0.2) is 42.9 Å². The number of carbonyl (C=O) groups is 2. The fourth-order valence-corrected chi connectivity index (χ4v) is 5.68. The number of hydrogen-bond donors (Lipinski definition) is 0. The van der Waals surface area contributed by atoms with Crippen molar-refractivity contribution in [1.82, 2.24) is 4.90 Å². The van der Waals surface area contributed by atoms with E-state index >= 15 is 0 Å². The number of imide groups is 1. The summed E-state index contributed by atoms with van der Waals surface area (Å²) < 4.78 is 0. The number of thioether (sulfide) groups is 1. The first-order chi connectivity index (χ1) is 17.4. The highest BCUT2D eigenvalue weighted by Gasteiger charge is 2.43. The molecule has 5 rings (SSSR count). The maximum atomic E-state index is 13.8. The van der Waals surface area contributed by atoms with Crippen LogP contribution in [0.4, 0.5) is 11.4 Å². The second kappa shape index (κ2) is 10.4. The molecule has 0 spiro atoms. The maximum absolute atomic E-state index is 13.8. The summed E-state index contributed by atoms with van der Waals surface area (Å²) in [5.74, 6) is -0.172. The van der Waals surface area contributed by atoms with Gasteiger partial charge >= 0.3 is 0 Å². The molecule has 36 heavy (non-hydrogen) atoms. The molecule has 0 bridgehead atoms. The number of carbonyl (C=O) groups excluding carboxylic acids is 2. The first kappa shape index (κ1) is 24.5. The van der Waals surface area contributed by atoms with Crippen molar-refractivity contribution < 1.29 is 9.59 Å². The lowest BCUT2D eigenvalue weighted by atomic mass is 10.0. The summed E-state index contributed by atoms with van der Waals surface area (Å²) in [4.78, 5) is 34.5. The third kappa shape index (κ3) is 4.88. The second-order valence-electron chi connectivity index (χ2n) is 9.24. The molecule has 2 aliphatic heterocycles. The van der Waals surface area contributed by atoms with E-state index in [4.69, 9.17) is 11.6 Å². The van der Waals surface area contributed by atoms with Crippen molar-refractivity contribution in [1.29, 1.82) is 0 Å². The molecule has 2 aliphatic rings. The van der Waals surface area contributed by atoms with Gasteiger partial charge in [-0.3, -0.25) is 9.59 Å². The van der Waals surface area contributed by atoms with Crippen LogP contribution in [0.2, 0.25) is 5.02 Å². The Balaban J connectivity index is 1.45. The van der Waals surface area contributed by atoms with E-state index in [0.717, 1.165) is 18.0 Å². The summed E-state index contributed by atoms with van der Waals surface area (Å²) in [6.07, 6.45) is 0. The predicted octanol–water partition coefficient (Wildman–Crippen LogP) is 6.16. The quantitative estimate of drug-likeness (QED) is 0.366. The molecule has 0 unspecified atom stereocenters. The van der Waals surface area contributed by atoms with Crippen LogP contribution in [0.1, 0.15) is 25.3 Å². The molecule has 2 amide bonds. The van der Waals surface area contributed by atoms with Gasteiger partial charge in [0.2, 0.25) is 0 Å². The van der Waals surface area contributed by atoms with E-state index < -0.39 is 0 Å². The lowest BCUT2D eigenvalue weighted by Crippen LogP contribution is -2.47. The Bertz CT molecular complexity index is 1280. The second-order valence-corrected chi connectivity index (χ2v) is 10.8. The van der Waals surface area contributed by atoms with Crippen LogP contribution < -0.4 is 9.80 Å². The van der Waals surface area contributed by atoms with E-state index in [-0.39, 0.29) is 11.8 Å². The van der Waals surface area contributed by atoms with Crippen LogP contribution in [0.25, 0.3) is 0 Å². The Morgan fingerprint density at radius 3 is 1.94 bits per heavy atom. The van der Waals surface area contributed by atoms with Crippen LogP contribution in [0.3, 0.4) is 0 Å². The normalized spacial score (nSPS) is 16.5. The SMILES string of the molecule is CC(C)c1ccc(N2C(=O)C(Sc3ccc(Cl)cc3)=C(N3CCN(c4ccccc4)CC3)C2=O)cc1. The number of anilines is 2. The molecule has 2 heterocycles. The Kier molecular flexibility index (Phi) is 7.08. The summed E-state index contributed by atoms with van der Waals surface area (Å²) in [5, 5.41) is 0.631. The Morgan fingerprint density at radius 1 is 0.722 bits per heavy atom. The molecular weight excluding hydrogens is 490 g/mol. The number of amides is 2. The van der Waals surface area contributed by atoms with Gasteiger partial charge in [0.1, 0.15) is 10.6 Å². The molecule has 7 heteroatoms. The molecule has 0 atom stereocenters. The maximum Gasteiger partial charge on any atom is 0.283 e. The van der Waals surface area contributed by atoms with Crippen molar-refractivity contribution in [2.24, 2.45) is 0 Å². The Labute approximate surface area is 221 Å². The van der Waals surface area contributed by atoms with Gasteiger partial charge < -0.3 is 9.80 Å². The smallest absolute Gasteiger partial charge is 0.283 e. The van der Waals surface area contributed by atoms with E-state index in [2.05, 4.69) is 35.8 Å². The predicted molar refractivity (Wildman–Crippen MR) is 148 cm³/mol. The molecule has 5 nitrogen and oxygen atoms in total. The van der Waals surface area contributed by atoms with Gasteiger partial charge in [-0.05, 0) is 60.0 Å². The highest BCUT2D eigenvalue weighted by molar-refractivity contribution is 8.04. The van der Waals surface area contributed by atoms with Gasteiger partial charge in [0.15, 0.2) is 0 Å². The van der Waals surface area contributed by atoms with Crippen molar-refractivity contribution in [3.63, 3.8) is 0 Å². The van der Waals surface area contributed by atoms with Gasteiger partial charge in [0.25, 0.3) is 11.8 Å². The lowest BCUT2D eigenvalue weighted by molar-refractivity contribution is -0.121. The minimum absolute atomic E-state index is 0.262. The average Bonchev–Trinajstić information content (AvgIpc) is 3.15. The minimum atomic E-state index is -0.280. The molecule has 0 aromatic heterocycles. The average molecular weight is 518 g/mol. The zero-order chi connectivity index (χ0) is 25.2. The summed E-state index contributed by atoms with van der Waals surface area (Å²) in [5.41, 5.74) is 3.42. The first-order valence-corrected chi connectivity index (χ1v) is 13.3. The molecule has 0 aliphatic carbocycles. The molecule has 0 radical (unpaired) electrons. The van der Waals surface area contributed by atoms with E-state index in [0.29, 0.717) is 40.3 Å².